The summed E-state index contributed by atoms with van der Waals surface area (Å²) in [6.45, 7) is 1.84. The van der Waals surface area contributed by atoms with Crippen molar-refractivity contribution in [2.75, 3.05) is 26.2 Å². The first-order valence-corrected chi connectivity index (χ1v) is 12.0. The van der Waals surface area contributed by atoms with E-state index in [0.717, 1.165) is 22.3 Å². The highest BCUT2D eigenvalue weighted by molar-refractivity contribution is 7.90. The fraction of sp³-hybridized carbons (Fsp3) is 0.200. The molecule has 0 unspecified atom stereocenters. The van der Waals surface area contributed by atoms with Crippen LogP contribution in [0.1, 0.15) is 11.4 Å². The summed E-state index contributed by atoms with van der Waals surface area (Å²) in [5, 5.41) is 0.779. The first kappa shape index (κ1) is 22.5. The van der Waals surface area contributed by atoms with E-state index in [1.165, 1.54) is 0 Å². The van der Waals surface area contributed by atoms with Gasteiger partial charge in [-0.3, -0.25) is 0 Å². The van der Waals surface area contributed by atoms with Gasteiger partial charge in [-0.05, 0) is 73.2 Å². The third kappa shape index (κ3) is 4.75. The van der Waals surface area contributed by atoms with E-state index >= 15 is 0 Å². The van der Waals surface area contributed by atoms with E-state index in [1.807, 2.05) is 55.3 Å². The van der Waals surface area contributed by atoms with Crippen LogP contribution in [0, 0.1) is 6.92 Å². The Morgan fingerprint density at radius 1 is 0.848 bits per heavy atom. The highest BCUT2D eigenvalue weighted by atomic mass is 32.2. The Hall–Kier alpha value is -3.65. The molecule has 170 valence electrons. The van der Waals surface area contributed by atoms with Gasteiger partial charge in [-0.25, -0.2) is 18.4 Å². The Kier molecular flexibility index (Phi) is 6.20. The molecule has 33 heavy (non-hydrogen) atoms. The van der Waals surface area contributed by atoms with Crippen LogP contribution in [0.3, 0.4) is 0 Å². The molecule has 0 aliphatic rings. The number of hydrogen-bond acceptors (Lipinski definition) is 7. The van der Waals surface area contributed by atoms with Gasteiger partial charge in [-0.1, -0.05) is 6.07 Å². The number of rotatable bonds is 7. The lowest BCUT2D eigenvalue weighted by Crippen LogP contribution is -2.13. The number of nitrogens with zero attached hydrogens (tertiary/aromatic N) is 3. The highest BCUT2D eigenvalue weighted by Crippen LogP contribution is 2.31. The monoisotopic (exact) mass is 463 g/mol. The van der Waals surface area contributed by atoms with Crippen LogP contribution in [0.2, 0.25) is 0 Å². The van der Waals surface area contributed by atoms with Gasteiger partial charge in [0.1, 0.15) is 23.1 Å². The molecule has 0 amide bonds. The van der Waals surface area contributed by atoms with E-state index in [4.69, 9.17) is 9.47 Å². The molecule has 3 aromatic carbocycles. The zero-order valence-corrected chi connectivity index (χ0v) is 19.8. The van der Waals surface area contributed by atoms with Gasteiger partial charge in [0.2, 0.25) is 0 Å². The van der Waals surface area contributed by atoms with Gasteiger partial charge in [-0.15, -0.1) is 0 Å². The Bertz CT molecular complexity index is 1390. The number of hydrogen-bond donors (Lipinski definition) is 0. The predicted molar refractivity (Wildman–Crippen MR) is 129 cm³/mol. The van der Waals surface area contributed by atoms with Crippen LogP contribution in [0.15, 0.2) is 71.6 Å². The minimum atomic E-state index is -3.53. The van der Waals surface area contributed by atoms with E-state index in [2.05, 4.69) is 9.97 Å². The van der Waals surface area contributed by atoms with Gasteiger partial charge in [0, 0.05) is 18.1 Å². The van der Waals surface area contributed by atoms with Crippen molar-refractivity contribution in [1.29, 1.82) is 0 Å². The number of fused-ring (bicyclic) bond motifs is 1. The summed E-state index contributed by atoms with van der Waals surface area (Å²) >= 11 is 0. The Labute approximate surface area is 193 Å². The topological polar surface area (TPSA) is 81.6 Å². The first-order chi connectivity index (χ1) is 15.8. The number of benzene rings is 3. The first-order valence-electron chi connectivity index (χ1n) is 10.3. The molecule has 1 heterocycles. The molecular weight excluding hydrogens is 438 g/mol. The summed E-state index contributed by atoms with van der Waals surface area (Å²) < 4.78 is 36.4. The zero-order chi connectivity index (χ0) is 23.6. The average molecular weight is 464 g/mol. The van der Waals surface area contributed by atoms with Crippen LogP contribution < -0.4 is 14.4 Å². The molecule has 0 N–H and O–H groups in total. The molecule has 0 spiro atoms. The summed E-state index contributed by atoms with van der Waals surface area (Å²) in [7, 11) is 1.56. The molecule has 0 aliphatic carbocycles. The Balaban J connectivity index is 1.72. The van der Waals surface area contributed by atoms with Crippen molar-refractivity contribution < 1.29 is 17.9 Å². The number of sulfone groups is 1. The van der Waals surface area contributed by atoms with Gasteiger partial charge in [-0.2, -0.15) is 0 Å². The van der Waals surface area contributed by atoms with Crippen molar-refractivity contribution in [2.24, 2.45) is 0 Å². The molecule has 1 aromatic heterocycles. The van der Waals surface area contributed by atoms with Crippen molar-refractivity contribution in [1.82, 2.24) is 9.97 Å². The third-order valence-electron chi connectivity index (χ3n) is 5.40. The molecule has 0 aliphatic heterocycles. The molecular formula is C25H25N3O4S. The van der Waals surface area contributed by atoms with Crippen LogP contribution in [0.4, 0.5) is 11.5 Å². The third-order valence-corrected chi connectivity index (χ3v) is 7.11. The highest BCUT2D eigenvalue weighted by Gasteiger charge is 2.18. The minimum absolute atomic E-state index is 0.130. The van der Waals surface area contributed by atoms with Crippen LogP contribution >= 0.6 is 0 Å². The van der Waals surface area contributed by atoms with Gasteiger partial charge in [0.15, 0.2) is 9.84 Å². The number of methoxy groups -OCH3 is 2. The molecule has 0 bridgehead atoms. The fourth-order valence-corrected chi connectivity index (χ4v) is 4.97. The van der Waals surface area contributed by atoms with Gasteiger partial charge >= 0.3 is 0 Å². The van der Waals surface area contributed by atoms with E-state index in [9.17, 15) is 8.42 Å². The lowest BCUT2D eigenvalue weighted by molar-refractivity contribution is 0.414. The fourth-order valence-electron chi connectivity index (χ4n) is 3.63. The average Bonchev–Trinajstić information content (AvgIpc) is 2.83. The molecule has 0 fully saturated rings. The molecule has 4 aromatic rings. The number of aryl methyl sites for hydroxylation is 1. The smallest absolute Gasteiger partial charge is 0.182 e. The molecule has 0 saturated carbocycles. The largest absolute Gasteiger partial charge is 0.497 e. The zero-order valence-electron chi connectivity index (χ0n) is 18.9. The van der Waals surface area contributed by atoms with Crippen LogP contribution in [0.5, 0.6) is 11.5 Å². The maximum absolute atomic E-state index is 13.0. The summed E-state index contributed by atoms with van der Waals surface area (Å²) in [6.07, 6.45) is 0. The summed E-state index contributed by atoms with van der Waals surface area (Å²) in [5.41, 5.74) is 2.34. The van der Waals surface area contributed by atoms with Crippen LogP contribution in [-0.2, 0) is 15.6 Å². The maximum Gasteiger partial charge on any atom is 0.182 e. The van der Waals surface area contributed by atoms with Crippen molar-refractivity contribution in [3.05, 3.63) is 78.1 Å². The second kappa shape index (κ2) is 9.07. The maximum atomic E-state index is 13.0. The van der Waals surface area contributed by atoms with Gasteiger partial charge in [0.25, 0.3) is 0 Å². The molecule has 8 heteroatoms. The van der Waals surface area contributed by atoms with E-state index < -0.39 is 9.84 Å². The van der Waals surface area contributed by atoms with E-state index in [-0.39, 0.29) is 10.6 Å². The van der Waals surface area contributed by atoms with Gasteiger partial charge in [0.05, 0.1) is 30.4 Å². The summed E-state index contributed by atoms with van der Waals surface area (Å²) in [4.78, 5) is 11.4. The van der Waals surface area contributed by atoms with Crippen LogP contribution in [0.25, 0.3) is 10.9 Å². The van der Waals surface area contributed by atoms with E-state index in [1.54, 1.807) is 44.6 Å². The van der Waals surface area contributed by atoms with Crippen molar-refractivity contribution in [3.63, 3.8) is 0 Å². The minimum Gasteiger partial charge on any atom is -0.497 e. The summed E-state index contributed by atoms with van der Waals surface area (Å²) in [6, 6.07) is 19.6. The van der Waals surface area contributed by atoms with Crippen molar-refractivity contribution >= 4 is 32.2 Å². The molecule has 7 nitrogen and oxygen atoms in total. The Morgan fingerprint density at radius 2 is 1.45 bits per heavy atom. The second-order valence-electron chi connectivity index (χ2n) is 7.64. The van der Waals surface area contributed by atoms with E-state index in [0.29, 0.717) is 23.0 Å². The molecule has 0 saturated heterocycles. The molecule has 0 radical (unpaired) electrons. The quantitative estimate of drug-likeness (QED) is 0.393. The van der Waals surface area contributed by atoms with Crippen molar-refractivity contribution in [3.8, 4) is 11.5 Å². The number of ether oxygens (including phenoxy) is 2. The standard InChI is InChI=1S/C25H25N3O4S/c1-17-26-24-14-5-18(16-33(29,30)22-12-10-21(32-4)11-13-22)15-23(24)25(27-17)28(2)19-6-8-20(31-3)9-7-19/h5-15H,16H2,1-4H3. The SMILES string of the molecule is COc1ccc(N(C)c2nc(C)nc3ccc(CS(=O)(=O)c4ccc(OC)cc4)cc23)cc1. The summed E-state index contributed by atoms with van der Waals surface area (Å²) in [5.74, 6) is 2.58. The van der Waals surface area contributed by atoms with Crippen LogP contribution in [-0.4, -0.2) is 39.7 Å². The molecule has 4 rings (SSSR count). The predicted octanol–water partition coefficient (Wildman–Crippen LogP) is 4.70. The van der Waals surface area contributed by atoms with Crippen molar-refractivity contribution in [2.45, 2.75) is 17.6 Å². The Morgan fingerprint density at radius 3 is 2.06 bits per heavy atom. The number of aromatic nitrogens is 2. The van der Waals surface area contributed by atoms with Gasteiger partial charge < -0.3 is 14.4 Å². The lowest BCUT2D eigenvalue weighted by atomic mass is 10.1. The molecule has 0 atom stereocenters. The number of anilines is 2. The normalized spacial score (nSPS) is 11.4. The second-order valence-corrected chi connectivity index (χ2v) is 9.63. The lowest BCUT2D eigenvalue weighted by Gasteiger charge is -2.21.